The zero-order valence-electron chi connectivity index (χ0n) is 11.0. The van der Waals surface area contributed by atoms with E-state index in [0.717, 1.165) is 0 Å². The minimum atomic E-state index is -0.935. The predicted molar refractivity (Wildman–Crippen MR) is 59.7 cm³/mol. The highest BCUT2D eigenvalue weighted by atomic mass is 16.7. The van der Waals surface area contributed by atoms with E-state index < -0.39 is 35.9 Å². The number of rotatable bonds is 4. The zero-order chi connectivity index (χ0) is 14.2. The van der Waals surface area contributed by atoms with Crippen LogP contribution in [0.15, 0.2) is 0 Å². The van der Waals surface area contributed by atoms with Gasteiger partial charge in [-0.15, -0.1) is 0 Å². The molecule has 0 aromatic rings. The summed E-state index contributed by atoms with van der Waals surface area (Å²) in [6.07, 6.45) is -0.969. The highest BCUT2D eigenvalue weighted by molar-refractivity contribution is 5.68. The summed E-state index contributed by atoms with van der Waals surface area (Å²) in [4.78, 5) is 32.9. The zero-order valence-corrected chi connectivity index (χ0v) is 11.0. The third kappa shape index (κ3) is 2.86. The van der Waals surface area contributed by atoms with Crippen LogP contribution in [0.25, 0.3) is 0 Å². The van der Waals surface area contributed by atoms with Gasteiger partial charge in [-0.05, 0) is 6.42 Å². The van der Waals surface area contributed by atoms with E-state index in [1.807, 2.05) is 0 Å². The average molecular weight is 272 g/mol. The molecule has 0 aromatic heterocycles. The van der Waals surface area contributed by atoms with Gasteiger partial charge >= 0.3 is 17.9 Å². The first-order valence-corrected chi connectivity index (χ1v) is 6.00. The fourth-order valence-corrected chi connectivity index (χ4v) is 2.36. The van der Waals surface area contributed by atoms with Gasteiger partial charge in [0.2, 0.25) is 6.29 Å². The molecule has 0 unspecified atom stereocenters. The molecule has 0 aromatic carbocycles. The van der Waals surface area contributed by atoms with E-state index >= 15 is 0 Å². The summed E-state index contributed by atoms with van der Waals surface area (Å²) in [5.41, 5.74) is -0.689. The molecule has 7 heteroatoms. The number of hydrogen-bond acceptors (Lipinski definition) is 7. The number of carbonyl (C=O) groups is 3. The van der Waals surface area contributed by atoms with Crippen LogP contribution in [0.5, 0.6) is 0 Å². The Balaban J connectivity index is 2.03. The average Bonchev–Trinajstić information content (AvgIpc) is 2.90. The second-order valence-electron chi connectivity index (χ2n) is 4.83. The normalized spacial score (nSPS) is 35.2. The highest BCUT2D eigenvalue weighted by Gasteiger charge is 2.70. The molecule has 0 radical (unpaired) electrons. The Morgan fingerprint density at radius 3 is 2.26 bits per heavy atom. The molecule has 0 N–H and O–H groups in total. The molecule has 7 nitrogen and oxygen atoms in total. The van der Waals surface area contributed by atoms with Crippen molar-refractivity contribution in [3.05, 3.63) is 0 Å². The van der Waals surface area contributed by atoms with Gasteiger partial charge in [-0.25, -0.2) is 0 Å². The fraction of sp³-hybridized carbons (Fsp3) is 0.750. The molecule has 4 atom stereocenters. The summed E-state index contributed by atoms with van der Waals surface area (Å²) in [7, 11) is 0. The second-order valence-corrected chi connectivity index (χ2v) is 4.83. The van der Waals surface area contributed by atoms with Gasteiger partial charge in [0, 0.05) is 26.7 Å². The van der Waals surface area contributed by atoms with Crippen LogP contribution in [0, 0.1) is 5.92 Å². The lowest BCUT2D eigenvalue weighted by Crippen LogP contribution is -2.34. The maximum absolute atomic E-state index is 11.1. The SMILES string of the molecule is CC(=O)OC[C@]12C[C@H]1[C@@H](OC(C)=O)[C@@H](OC(C)=O)O2. The molecule has 0 bridgehead atoms. The summed E-state index contributed by atoms with van der Waals surface area (Å²) in [6.45, 7) is 3.90. The molecule has 1 saturated heterocycles. The van der Waals surface area contributed by atoms with Gasteiger partial charge in [0.25, 0.3) is 0 Å². The molecular formula is C12H16O7. The molecule has 1 aliphatic carbocycles. The van der Waals surface area contributed by atoms with Crippen molar-refractivity contribution < 1.29 is 33.3 Å². The Hall–Kier alpha value is -1.63. The van der Waals surface area contributed by atoms with Gasteiger partial charge in [-0.2, -0.15) is 0 Å². The maximum atomic E-state index is 11.1. The van der Waals surface area contributed by atoms with E-state index in [1.165, 1.54) is 20.8 Å². The lowest BCUT2D eigenvalue weighted by Gasteiger charge is -2.21. The molecule has 106 valence electrons. The van der Waals surface area contributed by atoms with Crippen LogP contribution in [0.4, 0.5) is 0 Å². The van der Waals surface area contributed by atoms with Crippen LogP contribution in [0.3, 0.4) is 0 Å². The molecule has 0 amide bonds. The summed E-state index contributed by atoms with van der Waals surface area (Å²) in [6, 6.07) is 0. The number of fused-ring (bicyclic) bond motifs is 1. The van der Waals surface area contributed by atoms with E-state index in [4.69, 9.17) is 18.9 Å². The topological polar surface area (TPSA) is 88.1 Å². The van der Waals surface area contributed by atoms with Crippen molar-refractivity contribution in [3.8, 4) is 0 Å². The van der Waals surface area contributed by atoms with Crippen LogP contribution >= 0.6 is 0 Å². The Kier molecular flexibility index (Phi) is 3.49. The van der Waals surface area contributed by atoms with Crippen molar-refractivity contribution in [1.82, 2.24) is 0 Å². The van der Waals surface area contributed by atoms with Gasteiger partial charge in [0.1, 0.15) is 12.2 Å². The van der Waals surface area contributed by atoms with Crippen LogP contribution in [-0.2, 0) is 33.3 Å². The largest absolute Gasteiger partial charge is 0.463 e. The number of esters is 3. The minimum Gasteiger partial charge on any atom is -0.463 e. The Labute approximate surface area is 110 Å². The number of hydrogen-bond donors (Lipinski definition) is 0. The third-order valence-electron chi connectivity index (χ3n) is 3.20. The van der Waals surface area contributed by atoms with Crippen LogP contribution in [0.2, 0.25) is 0 Å². The third-order valence-corrected chi connectivity index (χ3v) is 3.20. The van der Waals surface area contributed by atoms with E-state index in [2.05, 4.69) is 0 Å². The predicted octanol–water partition coefficient (Wildman–Crippen LogP) is 0.159. The van der Waals surface area contributed by atoms with E-state index in [1.54, 1.807) is 0 Å². The Morgan fingerprint density at radius 2 is 1.74 bits per heavy atom. The molecule has 2 rings (SSSR count). The first-order valence-electron chi connectivity index (χ1n) is 6.00. The lowest BCUT2D eigenvalue weighted by molar-refractivity contribution is -0.209. The van der Waals surface area contributed by atoms with Crippen molar-refractivity contribution in [3.63, 3.8) is 0 Å². The smallest absolute Gasteiger partial charge is 0.305 e. The molecule has 2 fully saturated rings. The highest BCUT2D eigenvalue weighted by Crippen LogP contribution is 2.57. The first kappa shape index (κ1) is 13.8. The molecule has 1 saturated carbocycles. The lowest BCUT2D eigenvalue weighted by atomic mass is 10.2. The van der Waals surface area contributed by atoms with Crippen molar-refractivity contribution in [2.75, 3.05) is 6.61 Å². The number of carbonyl (C=O) groups excluding carboxylic acids is 3. The van der Waals surface area contributed by atoms with Gasteiger partial charge in [-0.3, -0.25) is 14.4 Å². The van der Waals surface area contributed by atoms with Crippen molar-refractivity contribution in [1.29, 1.82) is 0 Å². The summed E-state index contributed by atoms with van der Waals surface area (Å²) >= 11 is 0. The summed E-state index contributed by atoms with van der Waals surface area (Å²) < 4.78 is 20.6. The molecule has 0 spiro atoms. The minimum absolute atomic E-state index is 0.0720. The maximum Gasteiger partial charge on any atom is 0.305 e. The van der Waals surface area contributed by atoms with E-state index in [-0.39, 0.29) is 12.5 Å². The monoisotopic (exact) mass is 272 g/mol. The van der Waals surface area contributed by atoms with Gasteiger partial charge in [-0.1, -0.05) is 0 Å². The Bertz CT molecular complexity index is 418. The molecular weight excluding hydrogens is 256 g/mol. The van der Waals surface area contributed by atoms with Crippen LogP contribution in [-0.4, -0.2) is 42.5 Å². The van der Waals surface area contributed by atoms with Gasteiger partial charge < -0.3 is 18.9 Å². The van der Waals surface area contributed by atoms with Crippen molar-refractivity contribution >= 4 is 17.9 Å². The first-order chi connectivity index (χ1) is 8.84. The van der Waals surface area contributed by atoms with Crippen LogP contribution in [0.1, 0.15) is 27.2 Å². The summed E-state index contributed by atoms with van der Waals surface area (Å²) in [5.74, 6) is -1.52. The fourth-order valence-electron chi connectivity index (χ4n) is 2.36. The standard InChI is InChI=1S/C12H16O7/c1-6(13)16-5-12-4-9(12)10(17-7(2)14)11(19-12)18-8(3)15/h9-11H,4-5H2,1-3H3/t9-,10+,11-,12+/m0/s1. The van der Waals surface area contributed by atoms with Crippen molar-refractivity contribution in [2.24, 2.45) is 5.92 Å². The van der Waals surface area contributed by atoms with Crippen LogP contribution < -0.4 is 0 Å². The van der Waals surface area contributed by atoms with Gasteiger partial charge in [0.15, 0.2) is 6.10 Å². The molecule has 2 aliphatic rings. The van der Waals surface area contributed by atoms with Gasteiger partial charge in [0.05, 0.1) is 0 Å². The molecule has 1 heterocycles. The summed E-state index contributed by atoms with van der Waals surface area (Å²) in [5, 5.41) is 0. The van der Waals surface area contributed by atoms with E-state index in [9.17, 15) is 14.4 Å². The number of ether oxygens (including phenoxy) is 4. The quantitative estimate of drug-likeness (QED) is 0.532. The van der Waals surface area contributed by atoms with Crippen molar-refractivity contribution in [2.45, 2.75) is 45.2 Å². The molecule has 19 heavy (non-hydrogen) atoms. The second kappa shape index (κ2) is 4.80. The molecule has 1 aliphatic heterocycles. The Morgan fingerprint density at radius 1 is 1.11 bits per heavy atom. The van der Waals surface area contributed by atoms with E-state index in [0.29, 0.717) is 6.42 Å².